The fourth-order valence-corrected chi connectivity index (χ4v) is 3.17. The van der Waals surface area contributed by atoms with E-state index in [1.807, 2.05) is 31.2 Å². The Bertz CT molecular complexity index is 730. The number of hydrogen-bond donors (Lipinski definition) is 2. The first-order chi connectivity index (χ1) is 11.1. The molecule has 1 heterocycles. The zero-order chi connectivity index (χ0) is 16.4. The standard InChI is InChI=1S/C18H22N2O3/c1-11-15(18(22)19-10-13-4-3-5-17(13)21)8-12-6-7-14(23-2)9-16(12)20-11/h6-9,13,17,21H,3-5,10H2,1-2H3,(H,19,22). The van der Waals surface area contributed by atoms with Gasteiger partial charge in [-0.15, -0.1) is 0 Å². The highest BCUT2D eigenvalue weighted by Crippen LogP contribution is 2.25. The van der Waals surface area contributed by atoms with E-state index in [1.165, 1.54) is 0 Å². The minimum Gasteiger partial charge on any atom is -0.497 e. The third kappa shape index (κ3) is 3.29. The molecule has 2 N–H and O–H groups in total. The summed E-state index contributed by atoms with van der Waals surface area (Å²) in [6, 6.07) is 7.48. The smallest absolute Gasteiger partial charge is 0.253 e. The maximum Gasteiger partial charge on any atom is 0.253 e. The van der Waals surface area contributed by atoms with E-state index in [9.17, 15) is 9.90 Å². The van der Waals surface area contributed by atoms with Crippen molar-refractivity contribution in [3.8, 4) is 5.75 Å². The predicted molar refractivity (Wildman–Crippen MR) is 88.7 cm³/mol. The van der Waals surface area contributed by atoms with Crippen LogP contribution in [0.4, 0.5) is 0 Å². The van der Waals surface area contributed by atoms with Gasteiger partial charge in [-0.05, 0) is 38.0 Å². The van der Waals surface area contributed by atoms with Crippen LogP contribution in [0.5, 0.6) is 5.75 Å². The second-order valence-electron chi connectivity index (χ2n) is 6.15. The number of benzene rings is 1. The molecule has 2 unspecified atom stereocenters. The van der Waals surface area contributed by atoms with Crippen LogP contribution in [0.2, 0.25) is 0 Å². The van der Waals surface area contributed by atoms with Crippen LogP contribution >= 0.6 is 0 Å². The van der Waals surface area contributed by atoms with Gasteiger partial charge in [-0.3, -0.25) is 9.78 Å². The molecule has 0 spiro atoms. The minimum absolute atomic E-state index is 0.133. The van der Waals surface area contributed by atoms with E-state index < -0.39 is 0 Å². The minimum atomic E-state index is -0.293. The van der Waals surface area contributed by atoms with Gasteiger partial charge in [-0.1, -0.05) is 6.42 Å². The number of carbonyl (C=O) groups is 1. The lowest BCUT2D eigenvalue weighted by Gasteiger charge is -2.15. The number of aliphatic hydroxyl groups excluding tert-OH is 1. The van der Waals surface area contributed by atoms with E-state index >= 15 is 0 Å². The van der Waals surface area contributed by atoms with E-state index in [-0.39, 0.29) is 17.9 Å². The fraction of sp³-hybridized carbons (Fsp3) is 0.444. The molecule has 0 radical (unpaired) electrons. The molecule has 1 aromatic heterocycles. The molecule has 5 heteroatoms. The Morgan fingerprint density at radius 1 is 1.39 bits per heavy atom. The molecule has 23 heavy (non-hydrogen) atoms. The molecule has 5 nitrogen and oxygen atoms in total. The molecule has 3 rings (SSSR count). The van der Waals surface area contributed by atoms with E-state index in [4.69, 9.17) is 4.74 Å². The molecule has 1 aliphatic carbocycles. The lowest BCUT2D eigenvalue weighted by Crippen LogP contribution is -2.32. The summed E-state index contributed by atoms with van der Waals surface area (Å²) in [5.41, 5.74) is 2.08. The molecule has 122 valence electrons. The third-order valence-corrected chi connectivity index (χ3v) is 4.60. The van der Waals surface area contributed by atoms with Gasteiger partial charge in [-0.2, -0.15) is 0 Å². The zero-order valence-corrected chi connectivity index (χ0v) is 13.5. The van der Waals surface area contributed by atoms with Crippen LogP contribution in [0, 0.1) is 12.8 Å². The van der Waals surface area contributed by atoms with Gasteiger partial charge in [0.25, 0.3) is 5.91 Å². The molecule has 1 saturated carbocycles. The molecule has 1 aromatic carbocycles. The van der Waals surface area contributed by atoms with Crippen molar-refractivity contribution < 1.29 is 14.6 Å². The Morgan fingerprint density at radius 2 is 2.22 bits per heavy atom. The van der Waals surface area contributed by atoms with Gasteiger partial charge in [-0.25, -0.2) is 0 Å². The van der Waals surface area contributed by atoms with E-state index in [1.54, 1.807) is 7.11 Å². The van der Waals surface area contributed by atoms with Crippen molar-refractivity contribution in [1.82, 2.24) is 10.3 Å². The number of pyridine rings is 1. The van der Waals surface area contributed by atoms with Crippen LogP contribution in [0.25, 0.3) is 10.9 Å². The number of ether oxygens (including phenoxy) is 1. The van der Waals surface area contributed by atoms with Crippen LogP contribution < -0.4 is 10.1 Å². The second kappa shape index (κ2) is 6.54. The first kappa shape index (κ1) is 15.7. The van der Waals surface area contributed by atoms with Crippen molar-refractivity contribution in [3.63, 3.8) is 0 Å². The van der Waals surface area contributed by atoms with Gasteiger partial charge in [0.1, 0.15) is 5.75 Å². The molecule has 1 amide bonds. The van der Waals surface area contributed by atoms with Crippen LogP contribution in [-0.2, 0) is 0 Å². The van der Waals surface area contributed by atoms with Crippen molar-refractivity contribution in [2.24, 2.45) is 5.92 Å². The van der Waals surface area contributed by atoms with Crippen molar-refractivity contribution >= 4 is 16.8 Å². The quantitative estimate of drug-likeness (QED) is 0.909. The molecule has 2 aromatic rings. The van der Waals surface area contributed by atoms with Crippen LogP contribution in [-0.4, -0.2) is 35.8 Å². The Labute approximate surface area is 135 Å². The largest absolute Gasteiger partial charge is 0.497 e. The Morgan fingerprint density at radius 3 is 2.91 bits per heavy atom. The van der Waals surface area contributed by atoms with Gasteiger partial charge < -0.3 is 15.2 Å². The third-order valence-electron chi connectivity index (χ3n) is 4.60. The number of carbonyl (C=O) groups excluding carboxylic acids is 1. The number of methoxy groups -OCH3 is 1. The Balaban J connectivity index is 1.78. The number of nitrogens with zero attached hydrogens (tertiary/aromatic N) is 1. The fourth-order valence-electron chi connectivity index (χ4n) is 3.17. The lowest BCUT2D eigenvalue weighted by atomic mass is 10.1. The molecule has 0 bridgehead atoms. The van der Waals surface area contributed by atoms with Crippen LogP contribution in [0.3, 0.4) is 0 Å². The topological polar surface area (TPSA) is 71.5 Å². The van der Waals surface area contributed by atoms with Crippen molar-refractivity contribution in [2.75, 3.05) is 13.7 Å². The van der Waals surface area contributed by atoms with E-state index in [2.05, 4.69) is 10.3 Å². The number of amides is 1. The van der Waals surface area contributed by atoms with Crippen molar-refractivity contribution in [2.45, 2.75) is 32.3 Å². The van der Waals surface area contributed by atoms with Crippen molar-refractivity contribution in [1.29, 1.82) is 0 Å². The summed E-state index contributed by atoms with van der Waals surface area (Å²) < 4.78 is 5.20. The van der Waals surface area contributed by atoms with Gasteiger partial charge in [0, 0.05) is 23.9 Å². The van der Waals surface area contributed by atoms with Crippen molar-refractivity contribution in [3.05, 3.63) is 35.5 Å². The summed E-state index contributed by atoms with van der Waals surface area (Å²) in [5.74, 6) is 0.778. The summed E-state index contributed by atoms with van der Waals surface area (Å²) in [5, 5.41) is 13.7. The number of hydrogen-bond acceptors (Lipinski definition) is 4. The summed E-state index contributed by atoms with van der Waals surface area (Å²) in [7, 11) is 1.62. The summed E-state index contributed by atoms with van der Waals surface area (Å²) in [4.78, 5) is 16.9. The molecule has 1 aliphatic rings. The number of aromatic nitrogens is 1. The maximum atomic E-state index is 12.4. The SMILES string of the molecule is COc1ccc2cc(C(=O)NCC3CCCC3O)c(C)nc2c1. The highest BCUT2D eigenvalue weighted by molar-refractivity contribution is 5.98. The number of nitrogens with one attached hydrogen (secondary N) is 1. The van der Waals surface area contributed by atoms with Crippen LogP contribution in [0.1, 0.15) is 35.3 Å². The van der Waals surface area contributed by atoms with Gasteiger partial charge in [0.05, 0.1) is 30.0 Å². The highest BCUT2D eigenvalue weighted by atomic mass is 16.5. The number of aliphatic hydroxyl groups is 1. The van der Waals surface area contributed by atoms with E-state index in [0.717, 1.165) is 35.9 Å². The number of rotatable bonds is 4. The Hall–Kier alpha value is -2.14. The molecule has 0 saturated heterocycles. The summed E-state index contributed by atoms with van der Waals surface area (Å²) in [6.45, 7) is 2.35. The van der Waals surface area contributed by atoms with Gasteiger partial charge in [0.15, 0.2) is 0 Å². The average molecular weight is 314 g/mol. The molecular weight excluding hydrogens is 292 g/mol. The molecule has 1 fully saturated rings. The van der Waals surface area contributed by atoms with E-state index in [0.29, 0.717) is 17.8 Å². The average Bonchev–Trinajstić information content (AvgIpc) is 2.96. The number of fused-ring (bicyclic) bond motifs is 1. The maximum absolute atomic E-state index is 12.4. The highest BCUT2D eigenvalue weighted by Gasteiger charge is 2.25. The first-order valence-corrected chi connectivity index (χ1v) is 8.00. The molecule has 2 atom stereocenters. The monoisotopic (exact) mass is 314 g/mol. The zero-order valence-electron chi connectivity index (χ0n) is 13.5. The van der Waals surface area contributed by atoms with Gasteiger partial charge >= 0.3 is 0 Å². The number of aryl methyl sites for hydroxylation is 1. The molecular formula is C18H22N2O3. The molecule has 0 aliphatic heterocycles. The Kier molecular flexibility index (Phi) is 4.48. The summed E-state index contributed by atoms with van der Waals surface area (Å²) in [6.07, 6.45) is 2.54. The van der Waals surface area contributed by atoms with Gasteiger partial charge in [0.2, 0.25) is 0 Å². The summed E-state index contributed by atoms with van der Waals surface area (Å²) >= 11 is 0. The first-order valence-electron chi connectivity index (χ1n) is 8.00. The second-order valence-corrected chi connectivity index (χ2v) is 6.15. The lowest BCUT2D eigenvalue weighted by molar-refractivity contribution is 0.0916. The van der Waals surface area contributed by atoms with Crippen LogP contribution in [0.15, 0.2) is 24.3 Å². The normalized spacial score (nSPS) is 20.7. The predicted octanol–water partition coefficient (Wildman–Crippen LogP) is 2.44.